The molecule has 0 atom stereocenters. The number of carbonyl (C=O) groups excluding carboxylic acids is 1. The highest BCUT2D eigenvalue weighted by Gasteiger charge is 2.24. The summed E-state index contributed by atoms with van der Waals surface area (Å²) in [5.74, 6) is 3.66. The Kier molecular flexibility index (Phi) is 5.16. The summed E-state index contributed by atoms with van der Waals surface area (Å²) < 4.78 is 7.12. The Hall–Kier alpha value is -2.68. The van der Waals surface area contributed by atoms with Gasteiger partial charge in [-0.05, 0) is 19.1 Å². The minimum Gasteiger partial charge on any atom is -0.337 e. The molecule has 3 aromatic rings. The van der Waals surface area contributed by atoms with Gasteiger partial charge in [0, 0.05) is 41.8 Å². The lowest BCUT2D eigenvalue weighted by Crippen LogP contribution is -2.38. The molecule has 0 unspecified atom stereocenters. The van der Waals surface area contributed by atoms with Gasteiger partial charge >= 0.3 is 0 Å². The van der Waals surface area contributed by atoms with Gasteiger partial charge in [0.25, 0.3) is 11.8 Å². The number of hydrogen-bond acceptors (Lipinski definition) is 7. The maximum Gasteiger partial charge on any atom is 0.258 e. The predicted molar refractivity (Wildman–Crippen MR) is 111 cm³/mol. The highest BCUT2D eigenvalue weighted by Crippen LogP contribution is 2.25. The first-order valence-electron chi connectivity index (χ1n) is 9.57. The Bertz CT molecular complexity index is 1030. The largest absolute Gasteiger partial charge is 0.337 e. The number of rotatable bonds is 3. The van der Waals surface area contributed by atoms with Gasteiger partial charge in [0.2, 0.25) is 0 Å². The summed E-state index contributed by atoms with van der Waals surface area (Å²) in [5, 5.41) is 8.50. The number of carbonyl (C=O) groups is 1. The SMILES string of the molecule is Cc1c(C(=O)N2CCSCC2)cnn1-c1cc(-c2nc(C(C)(C)C)no2)ccn1. The molecule has 0 N–H and O–H groups in total. The first-order chi connectivity index (χ1) is 13.8. The van der Waals surface area contributed by atoms with Gasteiger partial charge < -0.3 is 9.42 Å². The van der Waals surface area contributed by atoms with Crippen LogP contribution in [-0.2, 0) is 5.41 Å². The standard InChI is InChI=1S/C20H24N6O2S/c1-13-15(18(27)25-7-9-29-10-8-25)12-22-26(13)16-11-14(5-6-21-16)17-23-19(24-28-17)20(2,3)4/h5-6,11-12H,7-10H2,1-4H3. The van der Waals surface area contributed by atoms with E-state index in [-0.39, 0.29) is 11.3 Å². The minimum absolute atomic E-state index is 0.0249. The summed E-state index contributed by atoms with van der Waals surface area (Å²) in [4.78, 5) is 23.7. The number of thioether (sulfide) groups is 1. The molecule has 29 heavy (non-hydrogen) atoms. The predicted octanol–water partition coefficient (Wildman–Crippen LogP) is 3.11. The Morgan fingerprint density at radius 3 is 2.69 bits per heavy atom. The summed E-state index contributed by atoms with van der Waals surface area (Å²) in [5.41, 5.74) is 1.93. The number of aromatic nitrogens is 5. The molecule has 152 valence electrons. The van der Waals surface area contributed by atoms with E-state index in [1.54, 1.807) is 17.1 Å². The molecule has 1 fully saturated rings. The van der Waals surface area contributed by atoms with Gasteiger partial charge in [-0.25, -0.2) is 9.67 Å². The van der Waals surface area contributed by atoms with Crippen molar-refractivity contribution in [3.63, 3.8) is 0 Å². The van der Waals surface area contributed by atoms with Crippen LogP contribution >= 0.6 is 11.8 Å². The molecule has 9 heteroatoms. The van der Waals surface area contributed by atoms with E-state index in [0.717, 1.165) is 35.9 Å². The third-order valence-corrected chi connectivity index (χ3v) is 5.79. The fourth-order valence-electron chi connectivity index (χ4n) is 3.10. The molecule has 8 nitrogen and oxygen atoms in total. The summed E-state index contributed by atoms with van der Waals surface area (Å²) >= 11 is 1.88. The average Bonchev–Trinajstić information content (AvgIpc) is 3.35. The van der Waals surface area contributed by atoms with E-state index in [1.165, 1.54) is 0 Å². The molecule has 1 saturated heterocycles. The molecule has 0 radical (unpaired) electrons. The first-order valence-corrected chi connectivity index (χ1v) is 10.7. The van der Waals surface area contributed by atoms with Crippen molar-refractivity contribution in [2.45, 2.75) is 33.1 Å². The van der Waals surface area contributed by atoms with Crippen LogP contribution in [0.5, 0.6) is 0 Å². The molecule has 1 amide bonds. The van der Waals surface area contributed by atoms with Crippen LogP contribution in [0.3, 0.4) is 0 Å². The third-order valence-electron chi connectivity index (χ3n) is 4.84. The molecular formula is C20H24N6O2S. The summed E-state index contributed by atoms with van der Waals surface area (Å²) in [6.45, 7) is 9.53. The molecular weight excluding hydrogens is 388 g/mol. The molecule has 1 aliphatic heterocycles. The lowest BCUT2D eigenvalue weighted by Gasteiger charge is -2.26. The Labute approximate surface area is 173 Å². The van der Waals surface area contributed by atoms with E-state index in [9.17, 15) is 4.79 Å². The van der Waals surface area contributed by atoms with E-state index in [0.29, 0.717) is 23.1 Å². The number of hydrogen-bond donors (Lipinski definition) is 0. The second kappa shape index (κ2) is 7.62. The van der Waals surface area contributed by atoms with Crippen LogP contribution in [0, 0.1) is 6.92 Å². The Morgan fingerprint density at radius 2 is 2.00 bits per heavy atom. The van der Waals surface area contributed by atoms with Crippen LogP contribution in [0.1, 0.15) is 42.6 Å². The van der Waals surface area contributed by atoms with Crippen LogP contribution < -0.4 is 0 Å². The second-order valence-corrected chi connectivity index (χ2v) is 9.26. The Morgan fingerprint density at radius 1 is 1.24 bits per heavy atom. The molecule has 0 bridgehead atoms. The monoisotopic (exact) mass is 412 g/mol. The van der Waals surface area contributed by atoms with Crippen molar-refractivity contribution in [3.8, 4) is 17.3 Å². The highest BCUT2D eigenvalue weighted by atomic mass is 32.2. The number of pyridine rings is 1. The first kappa shape index (κ1) is 19.6. The van der Waals surface area contributed by atoms with E-state index < -0.39 is 0 Å². The van der Waals surface area contributed by atoms with Crippen LogP contribution in [0.2, 0.25) is 0 Å². The Balaban J connectivity index is 1.63. The van der Waals surface area contributed by atoms with Gasteiger partial charge in [0.15, 0.2) is 11.6 Å². The maximum absolute atomic E-state index is 12.9. The smallest absolute Gasteiger partial charge is 0.258 e. The molecule has 4 heterocycles. The van der Waals surface area contributed by atoms with Crippen LogP contribution in [0.15, 0.2) is 29.0 Å². The maximum atomic E-state index is 12.9. The second-order valence-electron chi connectivity index (χ2n) is 8.04. The molecule has 3 aromatic heterocycles. The van der Waals surface area contributed by atoms with E-state index >= 15 is 0 Å². The molecule has 0 spiro atoms. The van der Waals surface area contributed by atoms with Gasteiger partial charge in [-0.15, -0.1) is 0 Å². The van der Waals surface area contributed by atoms with Crippen molar-refractivity contribution >= 4 is 17.7 Å². The van der Waals surface area contributed by atoms with Crippen LogP contribution in [0.25, 0.3) is 17.3 Å². The average molecular weight is 413 g/mol. The van der Waals surface area contributed by atoms with Crippen molar-refractivity contribution in [1.29, 1.82) is 0 Å². The lowest BCUT2D eigenvalue weighted by atomic mass is 9.96. The fourth-order valence-corrected chi connectivity index (χ4v) is 4.00. The third kappa shape index (κ3) is 3.91. The zero-order valence-corrected chi connectivity index (χ0v) is 17.9. The van der Waals surface area contributed by atoms with E-state index in [2.05, 4.69) is 20.2 Å². The zero-order valence-electron chi connectivity index (χ0n) is 17.0. The zero-order chi connectivity index (χ0) is 20.6. The quantitative estimate of drug-likeness (QED) is 0.653. The highest BCUT2D eigenvalue weighted by molar-refractivity contribution is 7.99. The fraction of sp³-hybridized carbons (Fsp3) is 0.450. The topological polar surface area (TPSA) is 89.9 Å². The van der Waals surface area contributed by atoms with Crippen molar-refractivity contribution in [2.75, 3.05) is 24.6 Å². The van der Waals surface area contributed by atoms with Crippen molar-refractivity contribution in [1.82, 2.24) is 29.8 Å². The summed E-state index contributed by atoms with van der Waals surface area (Å²) in [6, 6.07) is 3.66. The molecule has 0 aliphatic carbocycles. The van der Waals surface area contributed by atoms with Crippen molar-refractivity contribution in [3.05, 3.63) is 41.6 Å². The summed E-state index contributed by atoms with van der Waals surface area (Å²) in [7, 11) is 0. The number of nitrogens with zero attached hydrogens (tertiary/aromatic N) is 6. The van der Waals surface area contributed by atoms with Gasteiger partial charge in [-0.1, -0.05) is 25.9 Å². The normalized spacial score (nSPS) is 15.0. The van der Waals surface area contributed by atoms with E-state index in [4.69, 9.17) is 4.52 Å². The van der Waals surface area contributed by atoms with Gasteiger partial charge in [-0.3, -0.25) is 4.79 Å². The van der Waals surface area contributed by atoms with E-state index in [1.807, 2.05) is 56.5 Å². The minimum atomic E-state index is -0.196. The van der Waals surface area contributed by atoms with Crippen LogP contribution in [0.4, 0.5) is 0 Å². The molecule has 1 aliphatic rings. The van der Waals surface area contributed by atoms with Crippen molar-refractivity contribution in [2.24, 2.45) is 0 Å². The summed E-state index contributed by atoms with van der Waals surface area (Å²) in [6.07, 6.45) is 3.30. The number of amides is 1. The van der Waals surface area contributed by atoms with Crippen LogP contribution in [-0.4, -0.2) is 60.3 Å². The van der Waals surface area contributed by atoms with Gasteiger partial charge in [-0.2, -0.15) is 21.8 Å². The molecule has 0 aromatic carbocycles. The van der Waals surface area contributed by atoms with Crippen molar-refractivity contribution < 1.29 is 9.32 Å². The molecule has 0 saturated carbocycles. The lowest BCUT2D eigenvalue weighted by molar-refractivity contribution is 0.0771. The van der Waals surface area contributed by atoms with Gasteiger partial charge in [0.1, 0.15) is 0 Å². The van der Waals surface area contributed by atoms with Gasteiger partial charge in [0.05, 0.1) is 17.5 Å². The molecule has 4 rings (SSSR count).